The molecule has 0 saturated heterocycles. The zero-order valence-electron chi connectivity index (χ0n) is 11.9. The van der Waals surface area contributed by atoms with Crippen LogP contribution >= 0.6 is 11.8 Å². The van der Waals surface area contributed by atoms with Crippen LogP contribution in [0.3, 0.4) is 0 Å². The Hall–Kier alpha value is -2.02. The normalized spacial score (nSPS) is 10.6. The number of benzene rings is 1. The number of rotatable bonds is 7. The molecule has 0 aliphatic carbocycles. The highest BCUT2D eigenvalue weighted by Crippen LogP contribution is 2.17. The Morgan fingerprint density at radius 1 is 1.33 bits per heavy atom. The molecule has 1 aromatic carbocycles. The number of carbonyl (C=O) groups is 1. The van der Waals surface area contributed by atoms with E-state index in [0.717, 1.165) is 23.9 Å². The lowest BCUT2D eigenvalue weighted by atomic mass is 10.2. The van der Waals surface area contributed by atoms with Crippen LogP contribution in [0.15, 0.2) is 29.4 Å². The van der Waals surface area contributed by atoms with E-state index in [9.17, 15) is 4.79 Å². The van der Waals surface area contributed by atoms with E-state index in [0.29, 0.717) is 17.6 Å². The first-order valence-electron chi connectivity index (χ1n) is 6.54. The van der Waals surface area contributed by atoms with E-state index in [1.807, 2.05) is 24.3 Å². The van der Waals surface area contributed by atoms with Crippen LogP contribution < -0.4 is 4.74 Å². The minimum Gasteiger partial charge on any atom is -0.486 e. The van der Waals surface area contributed by atoms with E-state index < -0.39 is 5.97 Å². The third kappa shape index (κ3) is 4.22. The summed E-state index contributed by atoms with van der Waals surface area (Å²) in [5, 5.41) is 17.2. The summed E-state index contributed by atoms with van der Waals surface area (Å²) in [6, 6.07) is 7.91. The summed E-state index contributed by atoms with van der Waals surface area (Å²) in [7, 11) is 1.79. The largest absolute Gasteiger partial charge is 0.486 e. The summed E-state index contributed by atoms with van der Waals surface area (Å²) >= 11 is 1.14. The third-order valence-electron chi connectivity index (χ3n) is 2.95. The van der Waals surface area contributed by atoms with E-state index in [2.05, 4.69) is 17.1 Å². The second-order valence-corrected chi connectivity index (χ2v) is 5.37. The van der Waals surface area contributed by atoms with Gasteiger partial charge in [-0.05, 0) is 24.1 Å². The lowest BCUT2D eigenvalue weighted by Crippen LogP contribution is -2.05. The fourth-order valence-corrected chi connectivity index (χ4v) is 2.34. The van der Waals surface area contributed by atoms with Gasteiger partial charge in [-0.3, -0.25) is 4.79 Å². The standard InChI is InChI=1S/C14H17N3O3S/c1-3-10-4-6-11(7-5-10)20-8-12-15-16-14(17(12)2)21-9-13(18)19/h4-7H,3,8-9H2,1-2H3,(H,18,19). The maximum atomic E-state index is 10.6. The molecule has 6 nitrogen and oxygen atoms in total. The Balaban J connectivity index is 1.95. The number of nitrogens with zero attached hydrogens (tertiary/aromatic N) is 3. The number of aromatic nitrogens is 3. The number of ether oxygens (including phenoxy) is 1. The lowest BCUT2D eigenvalue weighted by molar-refractivity contribution is -0.133. The van der Waals surface area contributed by atoms with Gasteiger partial charge in [0.05, 0.1) is 5.75 Å². The van der Waals surface area contributed by atoms with Gasteiger partial charge in [0, 0.05) is 7.05 Å². The van der Waals surface area contributed by atoms with Gasteiger partial charge in [0.15, 0.2) is 11.0 Å². The topological polar surface area (TPSA) is 77.2 Å². The number of carboxylic acids is 1. The molecule has 2 aromatic rings. The third-order valence-corrected chi connectivity index (χ3v) is 3.95. The molecular weight excluding hydrogens is 290 g/mol. The van der Waals surface area contributed by atoms with Crippen molar-refractivity contribution in [3.63, 3.8) is 0 Å². The molecule has 7 heteroatoms. The Labute approximate surface area is 127 Å². The van der Waals surface area contributed by atoms with Crippen molar-refractivity contribution in [1.82, 2.24) is 14.8 Å². The number of hydrogen-bond acceptors (Lipinski definition) is 5. The average molecular weight is 307 g/mol. The summed E-state index contributed by atoms with van der Waals surface area (Å²) in [5.41, 5.74) is 1.26. The first-order valence-corrected chi connectivity index (χ1v) is 7.53. The van der Waals surface area contributed by atoms with E-state index in [1.165, 1.54) is 5.56 Å². The van der Waals surface area contributed by atoms with Gasteiger partial charge in [0.1, 0.15) is 12.4 Å². The lowest BCUT2D eigenvalue weighted by Gasteiger charge is -2.07. The minimum atomic E-state index is -0.878. The molecule has 0 unspecified atom stereocenters. The number of aliphatic carboxylic acids is 1. The first-order chi connectivity index (χ1) is 10.1. The molecule has 1 N–H and O–H groups in total. The van der Waals surface area contributed by atoms with Crippen LogP contribution in [-0.2, 0) is 24.9 Å². The van der Waals surface area contributed by atoms with Crippen molar-refractivity contribution in [3.05, 3.63) is 35.7 Å². The van der Waals surface area contributed by atoms with Crippen LogP contribution in [0, 0.1) is 0 Å². The van der Waals surface area contributed by atoms with Gasteiger partial charge in [-0.2, -0.15) is 0 Å². The Morgan fingerprint density at radius 3 is 2.67 bits per heavy atom. The second-order valence-electron chi connectivity index (χ2n) is 4.43. The summed E-state index contributed by atoms with van der Waals surface area (Å²) in [5.74, 6) is 0.514. The van der Waals surface area contributed by atoms with Crippen molar-refractivity contribution < 1.29 is 14.6 Å². The van der Waals surface area contributed by atoms with Crippen LogP contribution in [0.1, 0.15) is 18.3 Å². The highest BCUT2D eigenvalue weighted by atomic mass is 32.2. The van der Waals surface area contributed by atoms with Crippen LogP contribution in [0.5, 0.6) is 5.75 Å². The molecule has 1 aromatic heterocycles. The van der Waals surface area contributed by atoms with Gasteiger partial charge in [-0.25, -0.2) is 0 Å². The summed E-state index contributed by atoms with van der Waals surface area (Å²) in [4.78, 5) is 10.6. The van der Waals surface area contributed by atoms with Crippen molar-refractivity contribution in [2.24, 2.45) is 7.05 Å². The molecule has 0 aliphatic rings. The smallest absolute Gasteiger partial charge is 0.313 e. The Bertz CT molecular complexity index is 610. The maximum absolute atomic E-state index is 10.6. The van der Waals surface area contributed by atoms with E-state index in [-0.39, 0.29) is 5.75 Å². The first kappa shape index (κ1) is 15.4. The Kier molecular flexibility index (Phi) is 5.21. The fraction of sp³-hybridized carbons (Fsp3) is 0.357. The number of aryl methyl sites for hydroxylation is 1. The van der Waals surface area contributed by atoms with Crippen molar-refractivity contribution in [3.8, 4) is 5.75 Å². The summed E-state index contributed by atoms with van der Waals surface area (Å²) in [6.07, 6.45) is 0.994. The Morgan fingerprint density at radius 2 is 2.05 bits per heavy atom. The second kappa shape index (κ2) is 7.12. The van der Waals surface area contributed by atoms with Crippen LogP contribution in [0.25, 0.3) is 0 Å². The zero-order valence-corrected chi connectivity index (χ0v) is 12.8. The highest BCUT2D eigenvalue weighted by molar-refractivity contribution is 7.99. The number of hydrogen-bond donors (Lipinski definition) is 1. The predicted octanol–water partition coefficient (Wildman–Crippen LogP) is 2.13. The van der Waals surface area contributed by atoms with Crippen molar-refractivity contribution in [2.75, 3.05) is 5.75 Å². The van der Waals surface area contributed by atoms with Crippen molar-refractivity contribution in [1.29, 1.82) is 0 Å². The molecule has 1 heterocycles. The fourth-order valence-electron chi connectivity index (χ4n) is 1.69. The zero-order chi connectivity index (χ0) is 15.2. The summed E-state index contributed by atoms with van der Waals surface area (Å²) in [6.45, 7) is 2.40. The van der Waals surface area contributed by atoms with E-state index >= 15 is 0 Å². The highest BCUT2D eigenvalue weighted by Gasteiger charge is 2.11. The van der Waals surface area contributed by atoms with Crippen LogP contribution in [-0.4, -0.2) is 31.6 Å². The molecule has 0 fully saturated rings. The number of thioether (sulfide) groups is 1. The molecule has 2 rings (SSSR count). The molecule has 0 saturated carbocycles. The maximum Gasteiger partial charge on any atom is 0.313 e. The SMILES string of the molecule is CCc1ccc(OCc2nnc(SCC(=O)O)n2C)cc1. The predicted molar refractivity (Wildman–Crippen MR) is 79.5 cm³/mol. The van der Waals surface area contributed by atoms with Gasteiger partial charge < -0.3 is 14.4 Å². The van der Waals surface area contributed by atoms with E-state index in [1.54, 1.807) is 11.6 Å². The van der Waals surface area contributed by atoms with Gasteiger partial charge in [-0.1, -0.05) is 30.8 Å². The van der Waals surface area contributed by atoms with Crippen molar-refractivity contribution >= 4 is 17.7 Å². The molecule has 0 radical (unpaired) electrons. The van der Waals surface area contributed by atoms with Gasteiger partial charge in [-0.15, -0.1) is 10.2 Å². The minimum absolute atomic E-state index is 0.0364. The molecule has 112 valence electrons. The van der Waals surface area contributed by atoms with Crippen LogP contribution in [0.4, 0.5) is 0 Å². The average Bonchev–Trinajstić information content (AvgIpc) is 2.84. The molecule has 21 heavy (non-hydrogen) atoms. The number of carboxylic acid groups (broad SMARTS) is 1. The molecule has 0 amide bonds. The monoisotopic (exact) mass is 307 g/mol. The van der Waals surface area contributed by atoms with Gasteiger partial charge >= 0.3 is 5.97 Å². The molecular formula is C14H17N3O3S. The molecule has 0 spiro atoms. The quantitative estimate of drug-likeness (QED) is 0.790. The molecule has 0 aliphatic heterocycles. The summed E-state index contributed by atoms with van der Waals surface area (Å²) < 4.78 is 7.41. The van der Waals surface area contributed by atoms with Gasteiger partial charge in [0.2, 0.25) is 0 Å². The molecule has 0 atom stereocenters. The molecule has 0 bridgehead atoms. The van der Waals surface area contributed by atoms with Gasteiger partial charge in [0.25, 0.3) is 0 Å². The van der Waals surface area contributed by atoms with Crippen LogP contribution in [0.2, 0.25) is 0 Å². The van der Waals surface area contributed by atoms with E-state index in [4.69, 9.17) is 9.84 Å². The van der Waals surface area contributed by atoms with Crippen molar-refractivity contribution in [2.45, 2.75) is 25.1 Å².